The van der Waals surface area contributed by atoms with Gasteiger partial charge in [0.2, 0.25) is 0 Å². The molecule has 0 heterocycles. The van der Waals surface area contributed by atoms with E-state index in [1.807, 2.05) is 30.3 Å². The third-order valence-corrected chi connectivity index (χ3v) is 8.17. The number of ether oxygens (including phenoxy) is 3. The number of esters is 2. The summed E-state index contributed by atoms with van der Waals surface area (Å²) in [5, 5.41) is 2.78. The molecule has 12 heteroatoms. The first-order chi connectivity index (χ1) is 22.7. The van der Waals surface area contributed by atoms with E-state index in [2.05, 4.69) is 16.8 Å². The van der Waals surface area contributed by atoms with Gasteiger partial charge >= 0.3 is 25.9 Å². The van der Waals surface area contributed by atoms with Crippen LogP contribution in [0, 0.1) is 0 Å². The summed E-state index contributed by atoms with van der Waals surface area (Å²) in [7, 11) is -4.76. The summed E-state index contributed by atoms with van der Waals surface area (Å²) in [6.07, 6.45) is 17.9. The fourth-order valence-electron chi connectivity index (χ4n) is 4.98. The van der Waals surface area contributed by atoms with E-state index in [1.165, 1.54) is 32.1 Å². The summed E-state index contributed by atoms with van der Waals surface area (Å²) in [5.74, 6) is -0.946. The Kier molecular flexibility index (Phi) is 25.8. The maximum Gasteiger partial charge on any atom is 0.469 e. The summed E-state index contributed by atoms with van der Waals surface area (Å²) in [4.78, 5) is 54.3. The zero-order valence-electron chi connectivity index (χ0n) is 28.5. The third-order valence-electron chi connectivity index (χ3n) is 7.68. The average Bonchev–Trinajstić information content (AvgIpc) is 3.04. The Bertz CT molecular complexity index is 988. The Balaban J connectivity index is 2.05. The number of hydrogen-bond donors (Lipinski definition) is 3. The van der Waals surface area contributed by atoms with Crippen molar-refractivity contribution in [3.8, 4) is 0 Å². The van der Waals surface area contributed by atoms with Crippen molar-refractivity contribution in [3.63, 3.8) is 0 Å². The molecule has 1 rings (SSSR count). The molecule has 1 atom stereocenters. The molecule has 0 aliphatic carbocycles. The minimum atomic E-state index is -4.76. The zero-order valence-corrected chi connectivity index (χ0v) is 29.4. The van der Waals surface area contributed by atoms with Crippen LogP contribution >= 0.6 is 7.82 Å². The van der Waals surface area contributed by atoms with Gasteiger partial charge in [0.15, 0.2) is 6.10 Å². The molecule has 0 aliphatic heterocycles. The molecule has 11 nitrogen and oxygen atoms in total. The third kappa shape index (κ3) is 28.3. The lowest BCUT2D eigenvalue weighted by Crippen LogP contribution is -2.29. The van der Waals surface area contributed by atoms with Crippen molar-refractivity contribution < 1.29 is 47.5 Å². The van der Waals surface area contributed by atoms with Crippen LogP contribution in [-0.4, -0.2) is 53.7 Å². The van der Waals surface area contributed by atoms with Gasteiger partial charge < -0.3 is 29.3 Å². The molecule has 0 saturated heterocycles. The van der Waals surface area contributed by atoms with Gasteiger partial charge in [0.05, 0.1) is 6.61 Å². The number of phosphoric ester groups is 1. The smallest absolute Gasteiger partial charge is 0.462 e. The summed E-state index contributed by atoms with van der Waals surface area (Å²) < 4.78 is 31.4. The van der Waals surface area contributed by atoms with Crippen molar-refractivity contribution in [1.29, 1.82) is 0 Å². The minimum Gasteiger partial charge on any atom is -0.462 e. The van der Waals surface area contributed by atoms with Crippen LogP contribution in [0.25, 0.3) is 0 Å². The molecule has 3 N–H and O–H groups in total. The molecular formula is C35H60NO10P. The van der Waals surface area contributed by atoms with Crippen molar-refractivity contribution >= 4 is 25.9 Å². The Morgan fingerprint density at radius 3 is 1.74 bits per heavy atom. The van der Waals surface area contributed by atoms with Gasteiger partial charge in [-0.05, 0) is 24.8 Å². The van der Waals surface area contributed by atoms with Gasteiger partial charge in [-0.3, -0.25) is 14.1 Å². The molecule has 0 saturated carbocycles. The van der Waals surface area contributed by atoms with Crippen molar-refractivity contribution in [2.75, 3.05) is 19.8 Å². The van der Waals surface area contributed by atoms with Crippen molar-refractivity contribution in [2.45, 2.75) is 148 Å². The molecule has 0 fully saturated rings. The monoisotopic (exact) mass is 685 g/mol. The standard InChI is InChI=1S/C35H60NO10P/c1-2-3-4-5-6-8-12-15-21-26-34(38)46-32(30-45-47(40,41)42)29-43-33(37)25-20-14-11-9-7-10-13-16-22-27-36-35(39)44-28-31-23-18-17-19-24-31/h17-19,23-24,32H,2-16,20-22,25-30H2,1H3,(H,36,39)(H2,40,41,42). The van der Waals surface area contributed by atoms with E-state index in [1.54, 1.807) is 0 Å². The van der Waals surface area contributed by atoms with Gasteiger partial charge in [-0.25, -0.2) is 9.36 Å². The molecule has 0 bridgehead atoms. The van der Waals surface area contributed by atoms with Crippen LogP contribution in [-0.2, 0) is 39.5 Å². The predicted molar refractivity (Wildman–Crippen MR) is 181 cm³/mol. The van der Waals surface area contributed by atoms with E-state index in [4.69, 9.17) is 24.0 Å². The maximum absolute atomic E-state index is 12.3. The Hall–Kier alpha value is -2.46. The Morgan fingerprint density at radius 1 is 0.681 bits per heavy atom. The van der Waals surface area contributed by atoms with Crippen LogP contribution in [0.2, 0.25) is 0 Å². The number of phosphoric acid groups is 1. The second-order valence-electron chi connectivity index (χ2n) is 12.1. The van der Waals surface area contributed by atoms with Gasteiger partial charge in [0.25, 0.3) is 0 Å². The molecule has 270 valence electrons. The number of hydrogen-bond acceptors (Lipinski definition) is 8. The molecule has 1 aromatic rings. The number of carbonyl (C=O) groups is 3. The van der Waals surface area contributed by atoms with Gasteiger partial charge in [-0.2, -0.15) is 0 Å². The van der Waals surface area contributed by atoms with Gasteiger partial charge in [-0.1, -0.05) is 134 Å². The van der Waals surface area contributed by atoms with Crippen LogP contribution in [0.5, 0.6) is 0 Å². The van der Waals surface area contributed by atoms with Crippen molar-refractivity contribution in [1.82, 2.24) is 5.32 Å². The Labute approximate surface area is 282 Å². The highest BCUT2D eigenvalue weighted by atomic mass is 31.2. The maximum atomic E-state index is 12.3. The second-order valence-corrected chi connectivity index (χ2v) is 13.3. The summed E-state index contributed by atoms with van der Waals surface area (Å²) in [6, 6.07) is 9.57. The van der Waals surface area contributed by atoms with Crippen molar-refractivity contribution in [3.05, 3.63) is 35.9 Å². The lowest BCUT2D eigenvalue weighted by Gasteiger charge is -2.18. The van der Waals surface area contributed by atoms with Crippen LogP contribution in [0.3, 0.4) is 0 Å². The predicted octanol–water partition coefficient (Wildman–Crippen LogP) is 8.30. The average molecular weight is 686 g/mol. The lowest BCUT2D eigenvalue weighted by molar-refractivity contribution is -0.161. The van der Waals surface area contributed by atoms with E-state index >= 15 is 0 Å². The van der Waals surface area contributed by atoms with Crippen LogP contribution < -0.4 is 5.32 Å². The van der Waals surface area contributed by atoms with Crippen LogP contribution in [0.15, 0.2) is 30.3 Å². The topological polar surface area (TPSA) is 158 Å². The Morgan fingerprint density at radius 2 is 1.19 bits per heavy atom. The fraction of sp³-hybridized carbons (Fsp3) is 0.743. The van der Waals surface area contributed by atoms with Crippen LogP contribution in [0.1, 0.15) is 141 Å². The van der Waals surface area contributed by atoms with E-state index < -0.39 is 38.6 Å². The molecule has 1 aromatic carbocycles. The number of alkyl carbamates (subject to hydrolysis) is 1. The van der Waals surface area contributed by atoms with Crippen molar-refractivity contribution in [2.24, 2.45) is 0 Å². The highest BCUT2D eigenvalue weighted by Gasteiger charge is 2.22. The molecule has 1 unspecified atom stereocenters. The number of unbranched alkanes of at least 4 members (excludes halogenated alkanes) is 16. The summed E-state index contributed by atoms with van der Waals surface area (Å²) in [6.45, 7) is 2.19. The number of amides is 1. The van der Waals surface area contributed by atoms with E-state index in [-0.39, 0.29) is 26.1 Å². The van der Waals surface area contributed by atoms with E-state index in [9.17, 15) is 18.9 Å². The molecule has 1 amide bonds. The first-order valence-corrected chi connectivity index (χ1v) is 19.2. The highest BCUT2D eigenvalue weighted by molar-refractivity contribution is 7.46. The summed E-state index contributed by atoms with van der Waals surface area (Å²) in [5.41, 5.74) is 0.957. The summed E-state index contributed by atoms with van der Waals surface area (Å²) >= 11 is 0. The number of benzene rings is 1. The quantitative estimate of drug-likeness (QED) is 0.0311. The molecular weight excluding hydrogens is 625 g/mol. The van der Waals surface area contributed by atoms with E-state index in [0.29, 0.717) is 19.4 Å². The molecule has 0 spiro atoms. The number of nitrogens with one attached hydrogen (secondary N) is 1. The molecule has 0 aromatic heterocycles. The largest absolute Gasteiger partial charge is 0.469 e. The van der Waals surface area contributed by atoms with Crippen LogP contribution in [0.4, 0.5) is 4.79 Å². The second kappa shape index (κ2) is 28.5. The first-order valence-electron chi connectivity index (χ1n) is 17.7. The minimum absolute atomic E-state index is 0.194. The van der Waals surface area contributed by atoms with Gasteiger partial charge in [-0.15, -0.1) is 0 Å². The molecule has 0 aliphatic rings. The fourth-order valence-corrected chi connectivity index (χ4v) is 5.34. The van der Waals surface area contributed by atoms with E-state index in [0.717, 1.165) is 76.2 Å². The van der Waals surface area contributed by atoms with Gasteiger partial charge in [0.1, 0.15) is 13.2 Å². The normalized spacial score (nSPS) is 12.0. The lowest BCUT2D eigenvalue weighted by atomic mass is 10.1. The molecule has 47 heavy (non-hydrogen) atoms. The number of carbonyl (C=O) groups excluding carboxylic acids is 3. The zero-order chi connectivity index (χ0) is 34.4. The first kappa shape index (κ1) is 42.6. The van der Waals surface area contributed by atoms with Gasteiger partial charge in [0, 0.05) is 19.4 Å². The molecule has 0 radical (unpaired) electrons. The SMILES string of the molecule is CCCCCCCCCCCC(=O)OC(COC(=O)CCCCCCCCCCCNC(=O)OCc1ccccc1)COP(=O)(O)O. The highest BCUT2D eigenvalue weighted by Crippen LogP contribution is 2.36. The number of rotatable bonds is 30.